The van der Waals surface area contributed by atoms with Gasteiger partial charge in [-0.15, -0.1) is 6.58 Å². The number of hydrogen-bond acceptors (Lipinski definition) is 8. The molecule has 1 aliphatic heterocycles. The zero-order valence-electron chi connectivity index (χ0n) is 27.6. The first-order valence-electron chi connectivity index (χ1n) is 16.2. The van der Waals surface area contributed by atoms with Crippen molar-refractivity contribution in [3.8, 4) is 5.75 Å². The molecule has 2 aliphatic carbocycles. The number of rotatable bonds is 10. The number of nitrogens with one attached hydrogen (secondary N) is 2. The van der Waals surface area contributed by atoms with Crippen molar-refractivity contribution in [3.63, 3.8) is 0 Å². The Balaban J connectivity index is 1.45. The minimum absolute atomic E-state index is 0.0289. The standard InChI is InChI=1S/C35H44N4O8/c1-7-21-17-35(21,20(3)40)38-30(41)27-15-23(46-28-16-26(32(43)44)36-25-14-19(2)12-13-24(25)28)18-39(27)31(42)29(34(4,5)6)37-33(45)47-22-10-8-9-11-22/h7,12-14,16,21-23,27,29H,1,8-11,15,17-18H2,2-6H3,(H,37,45)(H,38,41)(H,43,44)/t21-,23-,27+,29-,35+/m1/s1. The summed E-state index contributed by atoms with van der Waals surface area (Å²) in [6, 6.07) is 4.65. The number of alkyl carbamates (subject to hydrolysis) is 1. The number of carboxylic acids is 1. The van der Waals surface area contributed by atoms with Crippen LogP contribution in [-0.4, -0.2) is 81.0 Å². The number of carbonyl (C=O) groups excluding carboxylic acids is 4. The van der Waals surface area contributed by atoms with E-state index in [-0.39, 0.29) is 42.2 Å². The monoisotopic (exact) mass is 648 g/mol. The molecule has 5 rings (SSSR count). The molecule has 3 fully saturated rings. The third-order valence-electron chi connectivity index (χ3n) is 9.51. The molecule has 1 saturated heterocycles. The van der Waals surface area contributed by atoms with Gasteiger partial charge in [-0.1, -0.05) is 32.9 Å². The molecule has 0 radical (unpaired) electrons. The number of ether oxygens (including phenoxy) is 2. The Morgan fingerprint density at radius 1 is 1.13 bits per heavy atom. The van der Waals surface area contributed by atoms with Crippen LogP contribution < -0.4 is 15.4 Å². The summed E-state index contributed by atoms with van der Waals surface area (Å²) < 4.78 is 12.0. The number of ketones is 1. The lowest BCUT2D eigenvalue weighted by Gasteiger charge is -2.35. The summed E-state index contributed by atoms with van der Waals surface area (Å²) in [7, 11) is 0. The average Bonchev–Trinajstić information content (AvgIpc) is 3.27. The first-order valence-corrected chi connectivity index (χ1v) is 16.2. The molecule has 0 unspecified atom stereocenters. The van der Waals surface area contributed by atoms with Crippen LogP contribution in [0.15, 0.2) is 36.9 Å². The lowest BCUT2D eigenvalue weighted by Crippen LogP contribution is -2.59. The summed E-state index contributed by atoms with van der Waals surface area (Å²) in [5.74, 6) is -2.42. The molecule has 12 heteroatoms. The first kappa shape index (κ1) is 33.9. The first-order chi connectivity index (χ1) is 22.1. The molecule has 2 heterocycles. The summed E-state index contributed by atoms with van der Waals surface area (Å²) in [5, 5.41) is 16.0. The van der Waals surface area contributed by atoms with Gasteiger partial charge in [-0.2, -0.15) is 0 Å². The van der Waals surface area contributed by atoms with Crippen LogP contribution in [-0.2, 0) is 19.1 Å². The summed E-state index contributed by atoms with van der Waals surface area (Å²) in [6.07, 6.45) is 3.97. The van der Waals surface area contributed by atoms with Crippen LogP contribution in [0.2, 0.25) is 0 Å². The number of pyridine rings is 1. The molecule has 252 valence electrons. The van der Waals surface area contributed by atoms with E-state index < -0.39 is 53.0 Å². The van der Waals surface area contributed by atoms with Crippen LogP contribution in [0, 0.1) is 18.3 Å². The molecule has 2 aromatic rings. The van der Waals surface area contributed by atoms with E-state index in [2.05, 4.69) is 22.2 Å². The van der Waals surface area contributed by atoms with E-state index in [1.165, 1.54) is 17.9 Å². The SMILES string of the molecule is C=C[C@@H]1C[C@]1(NC(=O)[C@@H]1C[C@@H](Oc2cc(C(=O)O)nc3cc(C)ccc23)CN1C(=O)[C@@H](NC(=O)OC1CCCC1)C(C)(C)C)C(C)=O. The molecule has 0 spiro atoms. The van der Waals surface area contributed by atoms with E-state index in [9.17, 15) is 29.1 Å². The van der Waals surface area contributed by atoms with Crippen molar-refractivity contribution in [2.45, 2.75) is 103 Å². The van der Waals surface area contributed by atoms with Gasteiger partial charge in [0.15, 0.2) is 11.5 Å². The highest BCUT2D eigenvalue weighted by Gasteiger charge is 2.59. The number of Topliss-reactive ketones (excluding diaryl/α,β-unsaturated/α-hetero) is 1. The highest BCUT2D eigenvalue weighted by molar-refractivity contribution is 5.98. The molecule has 3 aliphatic rings. The molecule has 12 nitrogen and oxygen atoms in total. The predicted octanol–water partition coefficient (Wildman–Crippen LogP) is 4.32. The Kier molecular flexibility index (Phi) is 9.34. The van der Waals surface area contributed by atoms with Gasteiger partial charge < -0.3 is 30.1 Å². The second kappa shape index (κ2) is 13.0. The van der Waals surface area contributed by atoms with Gasteiger partial charge in [-0.25, -0.2) is 14.6 Å². The fourth-order valence-electron chi connectivity index (χ4n) is 6.70. The molecular weight excluding hydrogens is 604 g/mol. The van der Waals surface area contributed by atoms with E-state index in [1.807, 2.05) is 33.8 Å². The Labute approximate surface area is 274 Å². The van der Waals surface area contributed by atoms with E-state index in [0.29, 0.717) is 17.3 Å². The van der Waals surface area contributed by atoms with Gasteiger partial charge in [0.05, 0.1) is 12.1 Å². The van der Waals surface area contributed by atoms with E-state index in [0.717, 1.165) is 31.2 Å². The van der Waals surface area contributed by atoms with Crippen molar-refractivity contribution < 1.29 is 38.6 Å². The van der Waals surface area contributed by atoms with Gasteiger partial charge in [-0.05, 0) is 69.1 Å². The van der Waals surface area contributed by atoms with Crippen LogP contribution in [0.4, 0.5) is 4.79 Å². The second-order valence-electron chi connectivity index (χ2n) is 14.1. The van der Waals surface area contributed by atoms with Crippen LogP contribution >= 0.6 is 0 Å². The molecule has 3 amide bonds. The highest BCUT2D eigenvalue weighted by Crippen LogP contribution is 2.45. The molecule has 2 saturated carbocycles. The zero-order valence-corrected chi connectivity index (χ0v) is 27.6. The summed E-state index contributed by atoms with van der Waals surface area (Å²) in [6.45, 7) is 12.5. The Morgan fingerprint density at radius 3 is 2.43 bits per heavy atom. The average molecular weight is 649 g/mol. The normalized spacial score (nSPS) is 24.8. The van der Waals surface area contributed by atoms with Gasteiger partial charge in [0.2, 0.25) is 11.8 Å². The van der Waals surface area contributed by atoms with Crippen LogP contribution in [0.3, 0.4) is 0 Å². The molecule has 0 bridgehead atoms. The smallest absolute Gasteiger partial charge is 0.408 e. The zero-order chi connectivity index (χ0) is 34.3. The third-order valence-corrected chi connectivity index (χ3v) is 9.51. The van der Waals surface area contributed by atoms with Crippen molar-refractivity contribution in [2.24, 2.45) is 11.3 Å². The summed E-state index contributed by atoms with van der Waals surface area (Å²) in [5.41, 5.74) is -0.729. The van der Waals surface area contributed by atoms with E-state index in [4.69, 9.17) is 9.47 Å². The number of fused-ring (bicyclic) bond motifs is 1. The van der Waals surface area contributed by atoms with Crippen molar-refractivity contribution in [1.29, 1.82) is 0 Å². The summed E-state index contributed by atoms with van der Waals surface area (Å²) >= 11 is 0. The Hall–Kier alpha value is -4.48. The highest BCUT2D eigenvalue weighted by atomic mass is 16.6. The van der Waals surface area contributed by atoms with Gasteiger partial charge in [0.25, 0.3) is 0 Å². The molecular formula is C35H44N4O8. The Bertz CT molecular complexity index is 1610. The minimum Gasteiger partial charge on any atom is -0.488 e. The Morgan fingerprint density at radius 2 is 1.83 bits per heavy atom. The molecule has 1 aromatic carbocycles. The molecule has 3 N–H and O–H groups in total. The summed E-state index contributed by atoms with van der Waals surface area (Å²) in [4.78, 5) is 71.4. The number of carbonyl (C=O) groups is 5. The largest absolute Gasteiger partial charge is 0.488 e. The molecule has 47 heavy (non-hydrogen) atoms. The van der Waals surface area contributed by atoms with E-state index >= 15 is 0 Å². The number of likely N-dealkylation sites (tertiary alicyclic amines) is 1. The van der Waals surface area contributed by atoms with Crippen LogP contribution in [0.5, 0.6) is 5.75 Å². The van der Waals surface area contributed by atoms with Crippen molar-refractivity contribution >= 4 is 40.6 Å². The number of hydrogen-bond donors (Lipinski definition) is 3. The van der Waals surface area contributed by atoms with Gasteiger partial charge in [0, 0.05) is 23.8 Å². The lowest BCUT2D eigenvalue weighted by atomic mass is 9.85. The predicted molar refractivity (Wildman–Crippen MR) is 173 cm³/mol. The van der Waals surface area contributed by atoms with Gasteiger partial charge in [0.1, 0.15) is 35.6 Å². The van der Waals surface area contributed by atoms with Crippen molar-refractivity contribution in [2.75, 3.05) is 6.54 Å². The number of aromatic carboxylic acids is 1. The van der Waals surface area contributed by atoms with Crippen LogP contribution in [0.25, 0.3) is 10.9 Å². The number of carboxylic acid groups (broad SMARTS) is 1. The third kappa shape index (κ3) is 7.11. The number of benzene rings is 1. The number of amides is 3. The van der Waals surface area contributed by atoms with Gasteiger partial charge in [-0.3, -0.25) is 14.4 Å². The molecule has 5 atom stereocenters. The lowest BCUT2D eigenvalue weighted by molar-refractivity contribution is -0.142. The van der Waals surface area contributed by atoms with E-state index in [1.54, 1.807) is 18.2 Å². The quantitative estimate of drug-likeness (QED) is 0.318. The second-order valence-corrected chi connectivity index (χ2v) is 14.1. The number of aryl methyl sites for hydroxylation is 1. The molecule has 1 aromatic heterocycles. The topological polar surface area (TPSA) is 164 Å². The maximum atomic E-state index is 14.4. The number of nitrogens with zero attached hydrogens (tertiary/aromatic N) is 2. The van der Waals surface area contributed by atoms with Gasteiger partial charge >= 0.3 is 12.1 Å². The minimum atomic E-state index is -1.22. The fraction of sp³-hybridized carbons (Fsp3) is 0.543. The number of aromatic nitrogens is 1. The fourth-order valence-corrected chi connectivity index (χ4v) is 6.70. The van der Waals surface area contributed by atoms with Crippen LogP contribution in [0.1, 0.15) is 82.3 Å². The maximum absolute atomic E-state index is 14.4. The van der Waals surface area contributed by atoms with Crippen molar-refractivity contribution in [1.82, 2.24) is 20.5 Å². The van der Waals surface area contributed by atoms with Crippen molar-refractivity contribution in [3.05, 3.63) is 48.2 Å². The maximum Gasteiger partial charge on any atom is 0.408 e.